The van der Waals surface area contributed by atoms with E-state index in [9.17, 15) is 21.6 Å². The van der Waals surface area contributed by atoms with E-state index in [0.29, 0.717) is 27.7 Å². The Hall–Kier alpha value is -3.01. The Kier molecular flexibility index (Phi) is 6.48. The van der Waals surface area contributed by atoms with Crippen molar-refractivity contribution in [1.82, 2.24) is 3.71 Å². The molecule has 0 spiro atoms. The fourth-order valence-corrected chi connectivity index (χ4v) is 9.08. The summed E-state index contributed by atoms with van der Waals surface area (Å²) in [5.41, 5.74) is -0.534. The SMILES string of the molecule is O=C1OC(CN(S(=O)(=O)c2ccccc2)S(=O)(=O)c2ccccc2)(C2CCCCC2)c2ccccc21. The van der Waals surface area contributed by atoms with E-state index in [4.69, 9.17) is 4.74 Å². The molecule has 0 radical (unpaired) electrons. The van der Waals surface area contributed by atoms with Crippen molar-refractivity contribution in [1.29, 1.82) is 0 Å². The van der Waals surface area contributed by atoms with Gasteiger partial charge in [-0.25, -0.2) is 21.6 Å². The van der Waals surface area contributed by atoms with Crippen molar-refractivity contribution in [2.24, 2.45) is 5.92 Å². The van der Waals surface area contributed by atoms with Gasteiger partial charge in [0.2, 0.25) is 0 Å². The van der Waals surface area contributed by atoms with Gasteiger partial charge in [-0.1, -0.05) is 77.6 Å². The first-order valence-electron chi connectivity index (χ1n) is 12.0. The van der Waals surface area contributed by atoms with Gasteiger partial charge >= 0.3 is 5.97 Å². The zero-order valence-corrected chi connectivity index (χ0v) is 21.2. The van der Waals surface area contributed by atoms with Crippen LogP contribution >= 0.6 is 0 Å². The van der Waals surface area contributed by atoms with Crippen LogP contribution < -0.4 is 0 Å². The lowest BCUT2D eigenvalue weighted by atomic mass is 9.73. The number of esters is 1. The largest absolute Gasteiger partial charge is 0.449 e. The van der Waals surface area contributed by atoms with Gasteiger partial charge in [0.25, 0.3) is 20.0 Å². The molecule has 2 aliphatic rings. The molecule has 0 bridgehead atoms. The van der Waals surface area contributed by atoms with Gasteiger partial charge in [-0.2, -0.15) is 0 Å². The summed E-state index contributed by atoms with van der Waals surface area (Å²) in [7, 11) is -9.07. The van der Waals surface area contributed by atoms with Crippen LogP contribution in [-0.2, 0) is 30.4 Å². The van der Waals surface area contributed by atoms with Gasteiger partial charge in [0, 0.05) is 11.5 Å². The van der Waals surface area contributed by atoms with E-state index in [0.717, 1.165) is 19.3 Å². The number of hydrogen-bond donors (Lipinski definition) is 0. The Morgan fingerprint density at radius 3 is 1.78 bits per heavy atom. The zero-order chi connectivity index (χ0) is 25.4. The van der Waals surface area contributed by atoms with Crippen molar-refractivity contribution in [3.63, 3.8) is 0 Å². The maximum atomic E-state index is 14.0. The third-order valence-electron chi connectivity index (χ3n) is 7.12. The number of carbonyl (C=O) groups excluding carboxylic acids is 1. The molecule has 0 aromatic heterocycles. The molecular formula is C27H27NO6S2. The van der Waals surface area contributed by atoms with Gasteiger partial charge in [-0.3, -0.25) is 0 Å². The fraction of sp³-hybridized carbons (Fsp3) is 0.296. The molecule has 1 saturated carbocycles. The van der Waals surface area contributed by atoms with E-state index in [1.54, 1.807) is 60.7 Å². The number of cyclic esters (lactones) is 1. The van der Waals surface area contributed by atoms with Gasteiger partial charge in [-0.05, 0) is 43.2 Å². The van der Waals surface area contributed by atoms with Crippen LogP contribution in [0, 0.1) is 5.92 Å². The predicted octanol–water partition coefficient (Wildman–Crippen LogP) is 4.71. The van der Waals surface area contributed by atoms with Gasteiger partial charge in [-0.15, -0.1) is 0 Å². The highest BCUT2D eigenvalue weighted by atomic mass is 32.3. The summed E-state index contributed by atoms with van der Waals surface area (Å²) in [6.45, 7) is -0.533. The molecule has 3 aromatic carbocycles. The minimum atomic E-state index is -4.54. The Labute approximate surface area is 211 Å². The van der Waals surface area contributed by atoms with Crippen LogP contribution in [0.2, 0.25) is 0 Å². The summed E-state index contributed by atoms with van der Waals surface area (Å²) in [4.78, 5) is 12.7. The lowest BCUT2D eigenvalue weighted by Gasteiger charge is -2.41. The Morgan fingerprint density at radius 1 is 0.722 bits per heavy atom. The van der Waals surface area contributed by atoms with E-state index in [1.165, 1.54) is 24.3 Å². The van der Waals surface area contributed by atoms with Crippen molar-refractivity contribution < 1.29 is 26.4 Å². The van der Waals surface area contributed by atoms with E-state index < -0.39 is 38.2 Å². The van der Waals surface area contributed by atoms with Gasteiger partial charge in [0.05, 0.1) is 21.9 Å². The summed E-state index contributed by atoms with van der Waals surface area (Å²) < 4.78 is 62.4. The van der Waals surface area contributed by atoms with Crippen molar-refractivity contribution in [2.75, 3.05) is 6.54 Å². The standard InChI is InChI=1S/C27H27NO6S2/c29-26-24-18-10-11-19-25(24)27(34-26,21-12-4-1-5-13-21)20-28(35(30,31)22-14-6-2-7-15-22)36(32,33)23-16-8-3-9-17-23/h2-3,6-11,14-19,21H,1,4-5,12-13,20H2. The van der Waals surface area contributed by atoms with Crippen LogP contribution in [0.1, 0.15) is 48.0 Å². The van der Waals surface area contributed by atoms with Crippen LogP contribution in [0.15, 0.2) is 94.7 Å². The van der Waals surface area contributed by atoms with Gasteiger partial charge in [0.15, 0.2) is 5.60 Å². The van der Waals surface area contributed by atoms with E-state index in [-0.39, 0.29) is 15.7 Å². The molecule has 1 aliphatic heterocycles. The number of ether oxygens (including phenoxy) is 1. The lowest BCUT2D eigenvalue weighted by Crippen LogP contribution is -2.50. The molecule has 188 valence electrons. The second-order valence-corrected chi connectivity index (χ2v) is 13.2. The third-order valence-corrected chi connectivity index (χ3v) is 11.4. The van der Waals surface area contributed by atoms with Crippen LogP contribution in [-0.4, -0.2) is 33.1 Å². The highest BCUT2D eigenvalue weighted by Crippen LogP contribution is 2.49. The zero-order valence-electron chi connectivity index (χ0n) is 19.6. The van der Waals surface area contributed by atoms with Crippen molar-refractivity contribution in [3.05, 3.63) is 96.1 Å². The molecule has 1 aliphatic carbocycles. The maximum Gasteiger partial charge on any atom is 0.339 e. The van der Waals surface area contributed by atoms with Crippen molar-refractivity contribution in [2.45, 2.75) is 47.5 Å². The quantitative estimate of drug-likeness (QED) is 0.414. The van der Waals surface area contributed by atoms with E-state index >= 15 is 0 Å². The number of rotatable bonds is 7. The molecule has 5 rings (SSSR count). The molecule has 3 aromatic rings. The Balaban J connectivity index is 1.72. The number of carbonyl (C=O) groups is 1. The van der Waals surface area contributed by atoms with Crippen LogP contribution in [0.25, 0.3) is 0 Å². The molecular weight excluding hydrogens is 498 g/mol. The van der Waals surface area contributed by atoms with Gasteiger partial charge < -0.3 is 4.74 Å². The highest BCUT2D eigenvalue weighted by Gasteiger charge is 2.55. The molecule has 0 saturated heterocycles. The summed E-state index contributed by atoms with van der Waals surface area (Å²) in [6.07, 6.45) is 4.21. The second-order valence-electron chi connectivity index (χ2n) is 9.23. The van der Waals surface area contributed by atoms with E-state index in [2.05, 4.69) is 0 Å². The highest BCUT2D eigenvalue weighted by molar-refractivity contribution is 8.04. The molecule has 1 unspecified atom stereocenters. The first-order valence-corrected chi connectivity index (χ1v) is 14.9. The summed E-state index contributed by atoms with van der Waals surface area (Å²) in [6, 6.07) is 21.8. The number of hydrogen-bond acceptors (Lipinski definition) is 6. The molecule has 7 nitrogen and oxygen atoms in total. The maximum absolute atomic E-state index is 14.0. The molecule has 1 atom stereocenters. The topological polar surface area (TPSA) is 97.8 Å². The molecule has 0 N–H and O–H groups in total. The average Bonchev–Trinajstić information content (AvgIpc) is 3.21. The Bertz CT molecular complexity index is 1400. The van der Waals surface area contributed by atoms with Gasteiger partial charge in [0.1, 0.15) is 0 Å². The summed E-state index contributed by atoms with van der Waals surface area (Å²) in [5, 5.41) is 0. The molecule has 0 amide bonds. The van der Waals surface area contributed by atoms with Crippen LogP contribution in [0.5, 0.6) is 0 Å². The van der Waals surface area contributed by atoms with Crippen LogP contribution in [0.4, 0.5) is 0 Å². The monoisotopic (exact) mass is 525 g/mol. The van der Waals surface area contributed by atoms with Crippen molar-refractivity contribution >= 4 is 26.0 Å². The fourth-order valence-electron chi connectivity index (χ4n) is 5.34. The first kappa shape index (κ1) is 24.7. The Morgan fingerprint density at radius 2 is 1.22 bits per heavy atom. The minimum Gasteiger partial charge on any atom is -0.449 e. The number of sulfonamides is 2. The molecule has 36 heavy (non-hydrogen) atoms. The second kappa shape index (κ2) is 9.46. The third kappa shape index (κ3) is 4.15. The summed E-state index contributed by atoms with van der Waals surface area (Å²) >= 11 is 0. The average molecular weight is 526 g/mol. The number of benzene rings is 3. The molecule has 1 fully saturated rings. The number of nitrogens with zero attached hydrogens (tertiary/aromatic N) is 1. The first-order chi connectivity index (χ1) is 17.3. The summed E-state index contributed by atoms with van der Waals surface area (Å²) in [5.74, 6) is -0.788. The van der Waals surface area contributed by atoms with E-state index in [1.807, 2.05) is 0 Å². The molecule has 9 heteroatoms. The smallest absolute Gasteiger partial charge is 0.339 e. The predicted molar refractivity (Wildman–Crippen MR) is 134 cm³/mol. The normalized spacial score (nSPS) is 20.8. The van der Waals surface area contributed by atoms with Crippen LogP contribution in [0.3, 0.4) is 0 Å². The lowest BCUT2D eigenvalue weighted by molar-refractivity contribution is -0.0558. The number of fused-ring (bicyclic) bond motifs is 1. The molecule has 1 heterocycles. The minimum absolute atomic E-state index is 0.152. The van der Waals surface area contributed by atoms with Crippen molar-refractivity contribution in [3.8, 4) is 0 Å².